The number of hydrogen-bond acceptors (Lipinski definition) is 0. The van der Waals surface area contributed by atoms with Crippen molar-refractivity contribution in [1.82, 2.24) is 0 Å². The van der Waals surface area contributed by atoms with Gasteiger partial charge in [-0.2, -0.15) is 18.2 Å². The van der Waals surface area contributed by atoms with E-state index in [1.165, 1.54) is 70.8 Å². The average Bonchev–Trinajstić information content (AvgIpc) is 3.34. The summed E-state index contributed by atoms with van der Waals surface area (Å²) >= 11 is 0. The SMILES string of the molecule is CCCCCCCCCCCC[N+](C)(C)C.[Br-].[Fe].[cH-]1[cH-][cH-][cH-][cH-]1.c1cc[cH-]c1. The zero-order chi connectivity index (χ0) is 19.3. The van der Waals surface area contributed by atoms with Crippen LogP contribution in [-0.4, -0.2) is 32.2 Å². The number of unbranched alkanes of at least 4 members (excludes halogenated alkanes) is 9. The molecule has 0 fully saturated rings. The number of quaternary nitrogens is 1. The van der Waals surface area contributed by atoms with Crippen LogP contribution in [0.2, 0.25) is 0 Å². The molecular formula is C25H44BrFeN-6. The Morgan fingerprint density at radius 1 is 0.607 bits per heavy atom. The molecule has 3 heteroatoms. The van der Waals surface area contributed by atoms with Gasteiger partial charge < -0.3 is 51.8 Å². The van der Waals surface area contributed by atoms with Crippen molar-refractivity contribution < 1.29 is 38.5 Å². The second kappa shape index (κ2) is 24.7. The van der Waals surface area contributed by atoms with E-state index in [-0.39, 0.29) is 34.1 Å². The summed E-state index contributed by atoms with van der Waals surface area (Å²) in [6.07, 6.45) is 14.4. The van der Waals surface area contributed by atoms with Crippen molar-refractivity contribution in [3.05, 3.63) is 60.7 Å². The van der Waals surface area contributed by atoms with E-state index in [0.717, 1.165) is 4.48 Å². The van der Waals surface area contributed by atoms with Gasteiger partial charge in [-0.1, -0.05) is 58.3 Å². The summed E-state index contributed by atoms with van der Waals surface area (Å²) in [5, 5.41) is 0. The molecule has 2 rings (SSSR count). The van der Waals surface area contributed by atoms with Gasteiger partial charge in [-0.15, -0.1) is 0 Å². The monoisotopic (exact) mass is 493 g/mol. The van der Waals surface area contributed by atoms with Crippen molar-refractivity contribution in [2.45, 2.75) is 71.1 Å². The predicted octanol–water partition coefficient (Wildman–Crippen LogP) is 4.43. The molecule has 0 amide bonds. The van der Waals surface area contributed by atoms with Crippen LogP contribution in [-0.2, 0) is 17.1 Å². The molecule has 28 heavy (non-hydrogen) atoms. The van der Waals surface area contributed by atoms with Crippen LogP contribution in [0.1, 0.15) is 71.1 Å². The molecule has 0 aliphatic heterocycles. The van der Waals surface area contributed by atoms with Crippen molar-refractivity contribution in [3.63, 3.8) is 0 Å². The van der Waals surface area contributed by atoms with Crippen molar-refractivity contribution in [1.29, 1.82) is 0 Å². The third-order valence-corrected chi connectivity index (χ3v) is 4.29. The molecular weight excluding hydrogens is 450 g/mol. The first-order valence-electron chi connectivity index (χ1n) is 10.7. The number of nitrogens with zero attached hydrogens (tertiary/aromatic N) is 1. The van der Waals surface area contributed by atoms with Crippen molar-refractivity contribution in [2.75, 3.05) is 27.7 Å². The van der Waals surface area contributed by atoms with Crippen LogP contribution in [0.5, 0.6) is 0 Å². The normalized spacial score (nSPS) is 9.71. The second-order valence-electron chi connectivity index (χ2n) is 8.12. The summed E-state index contributed by atoms with van der Waals surface area (Å²) in [5.74, 6) is 0. The van der Waals surface area contributed by atoms with Crippen LogP contribution >= 0.6 is 0 Å². The third kappa shape index (κ3) is 30.4. The van der Waals surface area contributed by atoms with Gasteiger partial charge in [0.1, 0.15) is 0 Å². The molecule has 0 N–H and O–H groups in total. The Balaban J connectivity index is -0.000000421. The summed E-state index contributed by atoms with van der Waals surface area (Å²) in [5.41, 5.74) is 0. The van der Waals surface area contributed by atoms with Gasteiger partial charge in [0.2, 0.25) is 0 Å². The smallest absolute Gasteiger partial charge is 0.0780 e. The largest absolute Gasteiger partial charge is 1.00 e. The van der Waals surface area contributed by atoms with E-state index in [1.54, 1.807) is 0 Å². The van der Waals surface area contributed by atoms with Crippen molar-refractivity contribution in [3.8, 4) is 0 Å². The van der Waals surface area contributed by atoms with Gasteiger partial charge in [0.25, 0.3) is 0 Å². The minimum Gasteiger partial charge on any atom is -1.00 e. The van der Waals surface area contributed by atoms with E-state index < -0.39 is 0 Å². The van der Waals surface area contributed by atoms with Gasteiger partial charge in [-0.05, 0) is 12.8 Å². The molecule has 0 atom stereocenters. The molecule has 170 valence electrons. The van der Waals surface area contributed by atoms with E-state index in [2.05, 4.69) is 28.1 Å². The summed E-state index contributed by atoms with van der Waals surface area (Å²) in [6, 6.07) is 20.0. The first kappa shape index (κ1) is 32.3. The van der Waals surface area contributed by atoms with Gasteiger partial charge in [0.15, 0.2) is 0 Å². The molecule has 2 aromatic carbocycles. The fourth-order valence-electron chi connectivity index (χ4n) is 2.72. The van der Waals surface area contributed by atoms with E-state index in [9.17, 15) is 0 Å². The molecule has 1 nitrogen and oxygen atoms in total. The average molecular weight is 494 g/mol. The molecule has 0 unspecified atom stereocenters. The maximum Gasteiger partial charge on any atom is 0.0780 e. The summed E-state index contributed by atoms with van der Waals surface area (Å²) in [6.45, 7) is 3.62. The topological polar surface area (TPSA) is 0 Å². The van der Waals surface area contributed by atoms with Crippen LogP contribution in [0.15, 0.2) is 60.7 Å². The molecule has 0 heterocycles. The standard InChI is InChI=1S/C15H34N.2C5H5.BrH.Fe/c1-5-6-7-8-9-10-11-12-13-14-15-16(2,3)4;2*1-2-4-5-3-1;;/h5-15H2,1-4H3;2*1-5H;1H;/q+1;-5;-1;;/p-1. The zero-order valence-corrected chi connectivity index (χ0v) is 21.4. The van der Waals surface area contributed by atoms with Crippen LogP contribution in [0.25, 0.3) is 0 Å². The maximum atomic E-state index is 2.29. The second-order valence-corrected chi connectivity index (χ2v) is 8.12. The van der Waals surface area contributed by atoms with Gasteiger partial charge >= 0.3 is 0 Å². The summed E-state index contributed by atoms with van der Waals surface area (Å²) in [7, 11) is 6.86. The Morgan fingerprint density at radius 2 is 0.964 bits per heavy atom. The molecule has 0 aromatic heterocycles. The Hall–Kier alpha value is -0.341. The van der Waals surface area contributed by atoms with Crippen LogP contribution < -0.4 is 17.0 Å². The third-order valence-electron chi connectivity index (χ3n) is 4.29. The molecule has 2 aromatic rings. The Bertz CT molecular complexity index is 371. The zero-order valence-electron chi connectivity index (χ0n) is 18.7. The minimum atomic E-state index is 0. The fraction of sp³-hybridized carbons (Fsp3) is 0.600. The Labute approximate surface area is 197 Å². The van der Waals surface area contributed by atoms with Crippen molar-refractivity contribution in [2.24, 2.45) is 0 Å². The molecule has 0 radical (unpaired) electrons. The predicted molar refractivity (Wildman–Crippen MR) is 119 cm³/mol. The van der Waals surface area contributed by atoms with Gasteiger partial charge in [-0.3, -0.25) is 0 Å². The van der Waals surface area contributed by atoms with Gasteiger partial charge in [0, 0.05) is 17.1 Å². The van der Waals surface area contributed by atoms with E-state index in [0.29, 0.717) is 0 Å². The van der Waals surface area contributed by atoms with Crippen molar-refractivity contribution >= 4 is 0 Å². The molecule has 0 aliphatic carbocycles. The quantitative estimate of drug-likeness (QED) is 0.188. The van der Waals surface area contributed by atoms with Crippen LogP contribution in [0, 0.1) is 0 Å². The molecule has 0 saturated heterocycles. The summed E-state index contributed by atoms with van der Waals surface area (Å²) in [4.78, 5) is 0. The molecule has 0 spiro atoms. The van der Waals surface area contributed by atoms with Crippen LogP contribution in [0.3, 0.4) is 0 Å². The Kier molecular flexibility index (Phi) is 28.5. The molecule has 0 bridgehead atoms. The van der Waals surface area contributed by atoms with E-state index in [1.807, 2.05) is 60.7 Å². The Morgan fingerprint density at radius 3 is 1.25 bits per heavy atom. The van der Waals surface area contributed by atoms with Gasteiger partial charge in [0.05, 0.1) is 27.7 Å². The first-order valence-corrected chi connectivity index (χ1v) is 10.7. The fourth-order valence-corrected chi connectivity index (χ4v) is 2.72. The summed E-state index contributed by atoms with van der Waals surface area (Å²) < 4.78 is 1.12. The maximum absolute atomic E-state index is 2.29. The minimum absolute atomic E-state index is 0. The number of rotatable bonds is 11. The van der Waals surface area contributed by atoms with E-state index >= 15 is 0 Å². The van der Waals surface area contributed by atoms with Gasteiger partial charge in [-0.25, -0.2) is 12.1 Å². The first-order chi connectivity index (χ1) is 12.6. The molecule has 0 saturated carbocycles. The molecule has 0 aliphatic rings. The number of halogens is 1. The number of hydrogen-bond donors (Lipinski definition) is 0. The van der Waals surface area contributed by atoms with E-state index in [4.69, 9.17) is 0 Å². The van der Waals surface area contributed by atoms with Crippen LogP contribution in [0.4, 0.5) is 0 Å².